The summed E-state index contributed by atoms with van der Waals surface area (Å²) >= 11 is 0. The number of carboxylic acid groups (broad SMARTS) is 2. The lowest BCUT2D eigenvalue weighted by Gasteiger charge is -2.22. The summed E-state index contributed by atoms with van der Waals surface area (Å²) in [5, 5.41) is 17.3. The summed E-state index contributed by atoms with van der Waals surface area (Å²) in [5.74, 6) is -1.00. The molecule has 0 aromatic carbocycles. The quantitative estimate of drug-likeness (QED) is 0.701. The predicted octanol–water partition coefficient (Wildman–Crippen LogP) is 1.46. The molecule has 1 heterocycles. The van der Waals surface area contributed by atoms with Gasteiger partial charge in [-0.3, -0.25) is 9.59 Å². The fourth-order valence-electron chi connectivity index (χ4n) is 1.29. The third kappa shape index (κ3) is 3.11. The lowest BCUT2D eigenvalue weighted by molar-refractivity contribution is -0.139. The van der Waals surface area contributed by atoms with Crippen LogP contribution in [0.2, 0.25) is 0 Å². The highest BCUT2D eigenvalue weighted by Gasteiger charge is 2.39. The number of carbonyl (C=O) groups is 2. The van der Waals surface area contributed by atoms with Crippen LogP contribution in [0.15, 0.2) is 0 Å². The maximum absolute atomic E-state index is 10.5. The summed E-state index contributed by atoms with van der Waals surface area (Å²) in [4.78, 5) is 21.1. The Hall–Kier alpha value is -0.360. The average Bonchev–Trinajstić information content (AvgIpc) is 2.33. The normalized spacial score (nSPS) is 20.0. The molecule has 0 unspecified atom stereocenters. The van der Waals surface area contributed by atoms with Crippen molar-refractivity contribution in [3.05, 3.63) is 0 Å². The SMILES string of the molecule is O=C(O)CC1(CC(=O)O)CCSS1. The molecule has 4 nitrogen and oxygen atoms in total. The maximum atomic E-state index is 10.5. The van der Waals surface area contributed by atoms with Crippen LogP contribution in [0, 0.1) is 0 Å². The molecule has 2 N–H and O–H groups in total. The molecule has 6 heteroatoms. The Balaban J connectivity index is 2.62. The van der Waals surface area contributed by atoms with Crippen molar-refractivity contribution in [1.29, 1.82) is 0 Å². The Kier molecular flexibility index (Phi) is 3.49. The van der Waals surface area contributed by atoms with Gasteiger partial charge in [-0.1, -0.05) is 21.6 Å². The van der Waals surface area contributed by atoms with Crippen molar-refractivity contribution in [2.24, 2.45) is 0 Å². The van der Waals surface area contributed by atoms with Crippen molar-refractivity contribution in [3.63, 3.8) is 0 Å². The van der Waals surface area contributed by atoms with E-state index >= 15 is 0 Å². The van der Waals surface area contributed by atoms with Crippen molar-refractivity contribution in [3.8, 4) is 0 Å². The van der Waals surface area contributed by atoms with Gasteiger partial charge in [-0.15, -0.1) is 0 Å². The van der Waals surface area contributed by atoms with Crippen LogP contribution in [0.1, 0.15) is 19.3 Å². The highest BCUT2D eigenvalue weighted by Crippen LogP contribution is 2.50. The molecule has 1 aliphatic rings. The van der Waals surface area contributed by atoms with Gasteiger partial charge in [0.15, 0.2) is 0 Å². The molecule has 74 valence electrons. The van der Waals surface area contributed by atoms with Gasteiger partial charge in [0.05, 0.1) is 12.8 Å². The van der Waals surface area contributed by atoms with Crippen molar-refractivity contribution < 1.29 is 19.8 Å². The van der Waals surface area contributed by atoms with E-state index in [1.165, 1.54) is 10.8 Å². The van der Waals surface area contributed by atoms with Crippen LogP contribution in [-0.4, -0.2) is 32.7 Å². The third-order valence-corrected chi connectivity index (χ3v) is 5.07. The lowest BCUT2D eigenvalue weighted by atomic mass is 9.97. The van der Waals surface area contributed by atoms with E-state index in [1.807, 2.05) is 0 Å². The molecule has 1 saturated heterocycles. The maximum Gasteiger partial charge on any atom is 0.304 e. The van der Waals surface area contributed by atoms with Gasteiger partial charge in [-0.05, 0) is 6.42 Å². The molecule has 13 heavy (non-hydrogen) atoms. The van der Waals surface area contributed by atoms with Gasteiger partial charge in [0, 0.05) is 10.5 Å². The third-order valence-electron chi connectivity index (χ3n) is 1.82. The summed E-state index contributed by atoms with van der Waals surface area (Å²) in [6.07, 6.45) is 0.550. The second-order valence-electron chi connectivity index (χ2n) is 2.98. The average molecular weight is 222 g/mol. The van der Waals surface area contributed by atoms with Crippen molar-refractivity contribution in [2.75, 3.05) is 5.75 Å². The lowest BCUT2D eigenvalue weighted by Crippen LogP contribution is -2.28. The fourth-order valence-corrected chi connectivity index (χ4v) is 4.63. The van der Waals surface area contributed by atoms with Crippen LogP contribution in [0.3, 0.4) is 0 Å². The van der Waals surface area contributed by atoms with Crippen molar-refractivity contribution >= 4 is 33.5 Å². The number of hydrogen-bond donors (Lipinski definition) is 2. The number of carboxylic acids is 2. The minimum absolute atomic E-state index is 0.0586. The van der Waals surface area contributed by atoms with Gasteiger partial charge in [-0.2, -0.15) is 0 Å². The summed E-state index contributed by atoms with van der Waals surface area (Å²) in [5.41, 5.74) is 0. The van der Waals surface area contributed by atoms with Gasteiger partial charge in [0.25, 0.3) is 0 Å². The smallest absolute Gasteiger partial charge is 0.304 e. The summed E-state index contributed by atoms with van der Waals surface area (Å²) < 4.78 is -0.581. The molecule has 0 aromatic heterocycles. The molecule has 1 fully saturated rings. The van der Waals surface area contributed by atoms with Crippen LogP contribution in [0.25, 0.3) is 0 Å². The zero-order chi connectivity index (χ0) is 9.90. The predicted molar refractivity (Wildman–Crippen MR) is 51.9 cm³/mol. The van der Waals surface area contributed by atoms with Crippen LogP contribution in [-0.2, 0) is 9.59 Å². The van der Waals surface area contributed by atoms with E-state index in [9.17, 15) is 9.59 Å². The molecule has 0 aliphatic carbocycles. The Morgan fingerprint density at radius 3 is 2.08 bits per heavy atom. The molecular formula is C7H10O4S2. The summed E-state index contributed by atoms with van der Waals surface area (Å²) in [7, 11) is 2.96. The van der Waals surface area contributed by atoms with E-state index in [-0.39, 0.29) is 12.8 Å². The van der Waals surface area contributed by atoms with E-state index in [0.29, 0.717) is 6.42 Å². The Labute approximate surface area is 83.5 Å². The monoisotopic (exact) mass is 222 g/mol. The molecule has 0 radical (unpaired) electrons. The Bertz CT molecular complexity index is 205. The molecular weight excluding hydrogens is 212 g/mol. The van der Waals surface area contributed by atoms with Gasteiger partial charge in [0.1, 0.15) is 0 Å². The first kappa shape index (κ1) is 10.7. The topological polar surface area (TPSA) is 74.6 Å². The molecule has 0 spiro atoms. The van der Waals surface area contributed by atoms with Gasteiger partial charge in [0.2, 0.25) is 0 Å². The molecule has 0 saturated carbocycles. The standard InChI is InChI=1S/C7H10O4S2/c8-5(9)3-7(4-6(10)11)1-2-12-13-7/h1-4H2,(H,8,9)(H,10,11). The van der Waals surface area contributed by atoms with Gasteiger partial charge in [-0.25, -0.2) is 0 Å². The van der Waals surface area contributed by atoms with E-state index in [0.717, 1.165) is 5.75 Å². The summed E-state index contributed by atoms with van der Waals surface area (Å²) in [6, 6.07) is 0. The largest absolute Gasteiger partial charge is 0.481 e. The van der Waals surface area contributed by atoms with E-state index < -0.39 is 16.7 Å². The van der Waals surface area contributed by atoms with Crippen LogP contribution in [0.5, 0.6) is 0 Å². The van der Waals surface area contributed by atoms with Crippen molar-refractivity contribution in [2.45, 2.75) is 24.0 Å². The van der Waals surface area contributed by atoms with Crippen molar-refractivity contribution in [1.82, 2.24) is 0 Å². The first-order valence-corrected chi connectivity index (χ1v) is 6.10. The summed E-state index contributed by atoms with van der Waals surface area (Å²) in [6.45, 7) is 0. The van der Waals surface area contributed by atoms with Gasteiger partial charge < -0.3 is 10.2 Å². The number of rotatable bonds is 4. The molecule has 0 aromatic rings. The van der Waals surface area contributed by atoms with E-state index in [4.69, 9.17) is 10.2 Å². The van der Waals surface area contributed by atoms with Gasteiger partial charge >= 0.3 is 11.9 Å². The second-order valence-corrected chi connectivity index (χ2v) is 5.86. The van der Waals surface area contributed by atoms with Crippen LogP contribution >= 0.6 is 21.6 Å². The highest BCUT2D eigenvalue weighted by atomic mass is 33.1. The first-order chi connectivity index (χ1) is 6.04. The first-order valence-electron chi connectivity index (χ1n) is 3.78. The molecule has 0 atom stereocenters. The number of aliphatic carboxylic acids is 2. The Morgan fingerprint density at radius 1 is 1.23 bits per heavy atom. The number of hydrogen-bond acceptors (Lipinski definition) is 4. The highest BCUT2D eigenvalue weighted by molar-refractivity contribution is 8.77. The molecule has 0 bridgehead atoms. The van der Waals surface area contributed by atoms with Crippen LogP contribution < -0.4 is 0 Å². The zero-order valence-corrected chi connectivity index (χ0v) is 8.49. The minimum atomic E-state index is -0.920. The van der Waals surface area contributed by atoms with E-state index in [2.05, 4.69) is 0 Å². The Morgan fingerprint density at radius 2 is 1.77 bits per heavy atom. The van der Waals surface area contributed by atoms with E-state index in [1.54, 1.807) is 10.8 Å². The minimum Gasteiger partial charge on any atom is -0.481 e. The second kappa shape index (κ2) is 4.23. The van der Waals surface area contributed by atoms with Crippen LogP contribution in [0.4, 0.5) is 0 Å². The zero-order valence-electron chi connectivity index (χ0n) is 6.86. The molecule has 0 amide bonds. The fraction of sp³-hybridized carbons (Fsp3) is 0.714. The molecule has 1 aliphatic heterocycles. The molecule has 1 rings (SSSR count).